The smallest absolute Gasteiger partial charge is 0.0595 e. The second kappa shape index (κ2) is 4.46. The third-order valence-electron chi connectivity index (χ3n) is 4.38. The molecule has 0 heterocycles. The molecular weight excluding hydrogens is 253 g/mol. The van der Waals surface area contributed by atoms with Crippen molar-refractivity contribution < 1.29 is 0 Å². The van der Waals surface area contributed by atoms with Crippen LogP contribution in [0, 0.1) is 5.41 Å². The van der Waals surface area contributed by atoms with Gasteiger partial charge in [-0.1, -0.05) is 56.0 Å². The highest BCUT2D eigenvalue weighted by atomic mass is 35.5. The summed E-state index contributed by atoms with van der Waals surface area (Å²) in [6.45, 7) is 4.50. The van der Waals surface area contributed by atoms with Crippen molar-refractivity contribution in [3.8, 4) is 0 Å². The maximum absolute atomic E-state index is 6.47. The Morgan fingerprint density at radius 3 is 2.18 bits per heavy atom. The van der Waals surface area contributed by atoms with Crippen molar-refractivity contribution in [1.29, 1.82) is 0 Å². The van der Waals surface area contributed by atoms with E-state index < -0.39 is 0 Å². The summed E-state index contributed by atoms with van der Waals surface area (Å²) >= 11 is 12.0. The third kappa shape index (κ3) is 2.21. The zero-order valence-electron chi connectivity index (χ0n) is 10.4. The van der Waals surface area contributed by atoms with Gasteiger partial charge in [-0.15, -0.1) is 0 Å². The van der Waals surface area contributed by atoms with Gasteiger partial charge in [-0.25, -0.2) is 0 Å². The number of halogens is 2. The molecule has 0 bridgehead atoms. The standard InChI is InChI=1S/C14H19Cl2N/c1-3-13(4-2)8-14(17,9-13)10-5-6-11(15)12(16)7-10/h5-7H,3-4,8-9,17H2,1-2H3. The Morgan fingerprint density at radius 2 is 1.71 bits per heavy atom. The van der Waals surface area contributed by atoms with Crippen molar-refractivity contribution in [2.24, 2.45) is 11.1 Å². The summed E-state index contributed by atoms with van der Waals surface area (Å²) in [5.74, 6) is 0. The predicted molar refractivity (Wildman–Crippen MR) is 74.6 cm³/mol. The maximum atomic E-state index is 6.47. The molecule has 1 nitrogen and oxygen atoms in total. The average molecular weight is 272 g/mol. The molecule has 1 aliphatic rings. The quantitative estimate of drug-likeness (QED) is 0.844. The first-order valence-electron chi connectivity index (χ1n) is 6.19. The highest BCUT2D eigenvalue weighted by Gasteiger charge is 2.50. The van der Waals surface area contributed by atoms with E-state index in [1.54, 1.807) is 0 Å². The zero-order chi connectivity index (χ0) is 12.7. The number of hydrogen-bond donors (Lipinski definition) is 1. The highest BCUT2D eigenvalue weighted by Crippen LogP contribution is 2.56. The summed E-state index contributed by atoms with van der Waals surface area (Å²) in [6.07, 6.45) is 4.49. The van der Waals surface area contributed by atoms with Gasteiger partial charge in [0.1, 0.15) is 0 Å². The SMILES string of the molecule is CCC1(CC)CC(N)(c2ccc(Cl)c(Cl)c2)C1. The summed E-state index contributed by atoms with van der Waals surface area (Å²) in [4.78, 5) is 0. The minimum Gasteiger partial charge on any atom is -0.321 e. The van der Waals surface area contributed by atoms with Gasteiger partial charge in [0.2, 0.25) is 0 Å². The van der Waals surface area contributed by atoms with Gasteiger partial charge in [0, 0.05) is 5.54 Å². The van der Waals surface area contributed by atoms with Crippen LogP contribution in [0.1, 0.15) is 45.1 Å². The fraction of sp³-hybridized carbons (Fsp3) is 0.571. The molecule has 0 aliphatic heterocycles. The van der Waals surface area contributed by atoms with Crippen LogP contribution in [0.4, 0.5) is 0 Å². The Bertz CT molecular complexity index is 416. The van der Waals surface area contributed by atoms with Crippen LogP contribution >= 0.6 is 23.2 Å². The van der Waals surface area contributed by atoms with Crippen LogP contribution < -0.4 is 5.73 Å². The molecule has 1 aromatic rings. The molecule has 3 heteroatoms. The molecular formula is C14H19Cl2N. The van der Waals surface area contributed by atoms with Gasteiger partial charge in [-0.3, -0.25) is 0 Å². The lowest BCUT2D eigenvalue weighted by molar-refractivity contribution is 0.0166. The fourth-order valence-corrected chi connectivity index (χ4v) is 3.34. The third-order valence-corrected chi connectivity index (χ3v) is 5.11. The Balaban J connectivity index is 2.22. The molecule has 0 amide bonds. The van der Waals surface area contributed by atoms with Crippen molar-refractivity contribution >= 4 is 23.2 Å². The van der Waals surface area contributed by atoms with Crippen LogP contribution in [0.5, 0.6) is 0 Å². The van der Waals surface area contributed by atoms with E-state index in [1.165, 1.54) is 12.8 Å². The van der Waals surface area contributed by atoms with Crippen LogP contribution in [-0.4, -0.2) is 0 Å². The van der Waals surface area contributed by atoms with Crippen LogP contribution in [0.25, 0.3) is 0 Å². The zero-order valence-corrected chi connectivity index (χ0v) is 11.9. The van der Waals surface area contributed by atoms with Gasteiger partial charge in [0.15, 0.2) is 0 Å². The molecule has 1 aliphatic carbocycles. The Kier molecular flexibility index (Phi) is 3.46. The topological polar surface area (TPSA) is 26.0 Å². The average Bonchev–Trinajstić information content (AvgIpc) is 2.28. The molecule has 0 atom stereocenters. The van der Waals surface area contributed by atoms with Crippen LogP contribution in [0.3, 0.4) is 0 Å². The second-order valence-corrected chi connectivity index (χ2v) is 6.16. The van der Waals surface area contributed by atoms with Gasteiger partial charge in [0.25, 0.3) is 0 Å². The van der Waals surface area contributed by atoms with E-state index in [-0.39, 0.29) is 5.54 Å². The van der Waals surface area contributed by atoms with Gasteiger partial charge >= 0.3 is 0 Å². The molecule has 1 aromatic carbocycles. The first kappa shape index (κ1) is 13.2. The molecule has 17 heavy (non-hydrogen) atoms. The van der Waals surface area contributed by atoms with Gasteiger partial charge in [-0.2, -0.15) is 0 Å². The van der Waals surface area contributed by atoms with Crippen molar-refractivity contribution in [3.63, 3.8) is 0 Å². The van der Waals surface area contributed by atoms with Crippen LogP contribution in [-0.2, 0) is 5.54 Å². The Morgan fingerprint density at radius 1 is 1.12 bits per heavy atom. The predicted octanol–water partition coefficient (Wildman–Crippen LogP) is 4.75. The highest BCUT2D eigenvalue weighted by molar-refractivity contribution is 6.42. The monoisotopic (exact) mass is 271 g/mol. The first-order chi connectivity index (χ1) is 7.95. The minimum atomic E-state index is -0.208. The van der Waals surface area contributed by atoms with Gasteiger partial charge in [0.05, 0.1) is 10.0 Å². The molecule has 0 unspecified atom stereocenters. The molecule has 2 N–H and O–H groups in total. The second-order valence-electron chi connectivity index (χ2n) is 5.35. The Hall–Kier alpha value is -0.240. The number of hydrogen-bond acceptors (Lipinski definition) is 1. The van der Waals surface area contributed by atoms with Crippen LogP contribution in [0.2, 0.25) is 10.0 Å². The normalized spacial score (nSPS) is 21.0. The number of benzene rings is 1. The molecule has 1 fully saturated rings. The summed E-state index contributed by atoms with van der Waals surface area (Å²) in [6, 6.07) is 5.76. The summed E-state index contributed by atoms with van der Waals surface area (Å²) in [5, 5.41) is 1.19. The first-order valence-corrected chi connectivity index (χ1v) is 6.95. The summed E-state index contributed by atoms with van der Waals surface area (Å²) in [5.41, 5.74) is 7.81. The maximum Gasteiger partial charge on any atom is 0.0595 e. The van der Waals surface area contributed by atoms with E-state index >= 15 is 0 Å². The van der Waals surface area contributed by atoms with Gasteiger partial charge < -0.3 is 5.73 Å². The number of nitrogens with two attached hydrogens (primary N) is 1. The summed E-state index contributed by atoms with van der Waals surface area (Å²) in [7, 11) is 0. The molecule has 0 spiro atoms. The van der Waals surface area contributed by atoms with Crippen LogP contribution in [0.15, 0.2) is 18.2 Å². The molecule has 0 saturated heterocycles. The fourth-order valence-electron chi connectivity index (χ4n) is 3.05. The summed E-state index contributed by atoms with van der Waals surface area (Å²) < 4.78 is 0. The molecule has 94 valence electrons. The largest absolute Gasteiger partial charge is 0.321 e. The molecule has 0 aromatic heterocycles. The van der Waals surface area contributed by atoms with E-state index in [0.717, 1.165) is 18.4 Å². The molecule has 2 rings (SSSR count). The van der Waals surface area contributed by atoms with E-state index in [2.05, 4.69) is 13.8 Å². The van der Waals surface area contributed by atoms with Crippen molar-refractivity contribution in [3.05, 3.63) is 33.8 Å². The van der Waals surface area contributed by atoms with E-state index in [4.69, 9.17) is 28.9 Å². The van der Waals surface area contributed by atoms with Crippen molar-refractivity contribution in [1.82, 2.24) is 0 Å². The van der Waals surface area contributed by atoms with Crippen molar-refractivity contribution in [2.75, 3.05) is 0 Å². The molecule has 0 radical (unpaired) electrons. The molecule has 1 saturated carbocycles. The minimum absolute atomic E-state index is 0.208. The lowest BCUT2D eigenvalue weighted by Gasteiger charge is -2.54. The van der Waals surface area contributed by atoms with E-state index in [9.17, 15) is 0 Å². The lowest BCUT2D eigenvalue weighted by atomic mass is 9.53. The van der Waals surface area contributed by atoms with E-state index in [1.807, 2.05) is 18.2 Å². The van der Waals surface area contributed by atoms with Gasteiger partial charge in [-0.05, 0) is 36.0 Å². The number of rotatable bonds is 3. The Labute approximate surface area is 113 Å². The van der Waals surface area contributed by atoms with E-state index in [0.29, 0.717) is 15.5 Å². The van der Waals surface area contributed by atoms with Crippen molar-refractivity contribution in [2.45, 2.75) is 45.1 Å². The lowest BCUT2D eigenvalue weighted by Crippen LogP contribution is -2.55.